The molecule has 3 N–H and O–H groups in total. The van der Waals surface area contributed by atoms with Gasteiger partial charge in [0, 0.05) is 0 Å². The Morgan fingerprint density at radius 2 is 2.08 bits per heavy atom. The average molecular weight is 320 g/mol. The molecule has 6 heteroatoms. The third-order valence-electron chi connectivity index (χ3n) is 2.75. The van der Waals surface area contributed by atoms with Crippen molar-refractivity contribution in [2.24, 2.45) is 5.41 Å². The predicted octanol–water partition coefficient (Wildman–Crippen LogP) is 0.0521. The van der Waals surface area contributed by atoms with Crippen molar-refractivity contribution >= 4 is 27.2 Å². The van der Waals surface area contributed by atoms with Gasteiger partial charge in [0.05, 0.1) is 0 Å². The summed E-state index contributed by atoms with van der Waals surface area (Å²) in [6, 6.07) is 0. The van der Waals surface area contributed by atoms with Crippen LogP contribution in [0.4, 0.5) is 0 Å². The number of hydrogen-bond acceptors (Lipinski definition) is 4. The first kappa shape index (κ1) is 12.1. The summed E-state index contributed by atoms with van der Waals surface area (Å²) in [5.74, 6) is 0. The van der Waals surface area contributed by atoms with Crippen LogP contribution in [0.3, 0.4) is 0 Å². The molecule has 1 fully saturated rings. The Bertz CT molecular complexity index is 187. The molecule has 0 spiro atoms. The first-order valence-corrected chi connectivity index (χ1v) is 9.89. The van der Waals surface area contributed by atoms with E-state index >= 15 is 0 Å². The number of aliphatic hydroxyl groups is 2. The summed E-state index contributed by atoms with van der Waals surface area (Å²) in [4.78, 5) is 0. The van der Waals surface area contributed by atoms with Crippen LogP contribution in [-0.4, -0.2) is 54.9 Å². The molecule has 1 saturated heterocycles. The number of aliphatic hydroxyl groups excluding tert-OH is 2. The molecule has 0 aromatic heterocycles. The molecule has 0 bridgehead atoms. The van der Waals surface area contributed by atoms with Crippen LogP contribution in [0.2, 0.25) is 0 Å². The van der Waals surface area contributed by atoms with Crippen molar-refractivity contribution in [2.75, 3.05) is 40.0 Å². The summed E-state index contributed by atoms with van der Waals surface area (Å²) in [6.07, 6.45) is 0. The van der Waals surface area contributed by atoms with Gasteiger partial charge in [0.15, 0.2) is 0 Å². The van der Waals surface area contributed by atoms with E-state index in [1.807, 2.05) is 7.05 Å². The van der Waals surface area contributed by atoms with Crippen molar-refractivity contribution < 1.29 is 10.2 Å². The first-order chi connectivity index (χ1) is 5.96. The second-order valence-corrected chi connectivity index (χ2v) is 13.3. The van der Waals surface area contributed by atoms with Gasteiger partial charge in [-0.2, -0.15) is 0 Å². The molecule has 0 aliphatic carbocycles. The maximum absolute atomic E-state index is 9.22. The topological polar surface area (TPSA) is 55.7 Å². The van der Waals surface area contributed by atoms with E-state index < -0.39 is 5.21 Å². The Labute approximate surface area is 92.6 Å². The molecule has 1 heterocycles. The molecule has 0 unspecified atom stereocenters. The Morgan fingerprint density at radius 3 is 2.46 bits per heavy atom. The van der Waals surface area contributed by atoms with Crippen LogP contribution in [0.1, 0.15) is 0 Å². The van der Waals surface area contributed by atoms with Gasteiger partial charge in [-0.15, -0.1) is 0 Å². The van der Waals surface area contributed by atoms with Crippen molar-refractivity contribution in [1.82, 2.24) is 9.76 Å². The quantitative estimate of drug-likeness (QED) is 0.497. The SMILES string of the molecule is CN1CC(CO)(CO)CN[PH]1(C)I. The van der Waals surface area contributed by atoms with E-state index in [0.29, 0.717) is 0 Å². The fourth-order valence-corrected chi connectivity index (χ4v) is 4.14. The van der Waals surface area contributed by atoms with E-state index in [2.05, 4.69) is 38.5 Å². The van der Waals surface area contributed by atoms with Crippen molar-refractivity contribution in [3.63, 3.8) is 0 Å². The summed E-state index contributed by atoms with van der Waals surface area (Å²) < 4.78 is 2.24. The monoisotopic (exact) mass is 320 g/mol. The Hall–Kier alpha value is 1.00. The predicted molar refractivity (Wildman–Crippen MR) is 65.5 cm³/mol. The van der Waals surface area contributed by atoms with Gasteiger partial charge >= 0.3 is 92.6 Å². The normalized spacial score (nSPS) is 29.9. The number of nitrogens with one attached hydrogen (secondary N) is 1. The molecule has 0 amide bonds. The van der Waals surface area contributed by atoms with Gasteiger partial charge in [0.1, 0.15) is 0 Å². The molecule has 4 nitrogen and oxygen atoms in total. The molecule has 0 aromatic carbocycles. The van der Waals surface area contributed by atoms with Crippen LogP contribution in [0.5, 0.6) is 0 Å². The molecule has 80 valence electrons. The molecular weight excluding hydrogens is 302 g/mol. The third-order valence-corrected chi connectivity index (χ3v) is 8.78. The molecule has 0 aromatic rings. The van der Waals surface area contributed by atoms with E-state index in [-0.39, 0.29) is 18.6 Å². The number of rotatable bonds is 2. The third kappa shape index (κ3) is 2.52. The average Bonchev–Trinajstić information content (AvgIpc) is 2.11. The number of nitrogens with zero attached hydrogens (tertiary/aromatic N) is 1. The zero-order valence-corrected chi connectivity index (χ0v) is 11.2. The van der Waals surface area contributed by atoms with Crippen LogP contribution in [0, 0.1) is 5.41 Å². The molecule has 13 heavy (non-hydrogen) atoms. The van der Waals surface area contributed by atoms with Gasteiger partial charge in [-0.3, -0.25) is 0 Å². The summed E-state index contributed by atoms with van der Waals surface area (Å²) in [6.45, 7) is 3.80. The first-order valence-electron chi connectivity index (χ1n) is 4.33. The summed E-state index contributed by atoms with van der Waals surface area (Å²) in [5.41, 5.74) is -0.355. The van der Waals surface area contributed by atoms with Crippen LogP contribution >= 0.6 is 27.2 Å². The fraction of sp³-hybridized carbons (Fsp3) is 1.00. The van der Waals surface area contributed by atoms with E-state index in [0.717, 1.165) is 13.1 Å². The van der Waals surface area contributed by atoms with Crippen molar-refractivity contribution in [1.29, 1.82) is 0 Å². The Kier molecular flexibility index (Phi) is 3.94. The molecule has 1 rings (SSSR count). The van der Waals surface area contributed by atoms with Crippen LogP contribution in [0.25, 0.3) is 0 Å². The van der Waals surface area contributed by atoms with Crippen molar-refractivity contribution in [3.8, 4) is 0 Å². The molecule has 1 aliphatic heterocycles. The maximum atomic E-state index is 9.22. The second kappa shape index (κ2) is 4.24. The molecule has 0 radical (unpaired) electrons. The minimum absolute atomic E-state index is 0.0436. The fourth-order valence-electron chi connectivity index (χ4n) is 1.45. The van der Waals surface area contributed by atoms with Gasteiger partial charge in [-0.1, -0.05) is 0 Å². The van der Waals surface area contributed by atoms with Gasteiger partial charge in [-0.25, -0.2) is 0 Å². The van der Waals surface area contributed by atoms with E-state index in [1.165, 1.54) is 0 Å². The van der Waals surface area contributed by atoms with Crippen molar-refractivity contribution in [3.05, 3.63) is 0 Å². The zero-order valence-electron chi connectivity index (χ0n) is 8.05. The molecule has 0 saturated carbocycles. The van der Waals surface area contributed by atoms with E-state index in [9.17, 15) is 10.2 Å². The summed E-state index contributed by atoms with van der Waals surface area (Å²) in [7, 11) is 2.05. The van der Waals surface area contributed by atoms with Gasteiger partial charge in [0.2, 0.25) is 0 Å². The van der Waals surface area contributed by atoms with Crippen molar-refractivity contribution in [2.45, 2.75) is 0 Å². The molecule has 1 aliphatic rings. The van der Waals surface area contributed by atoms with Crippen LogP contribution < -0.4 is 5.09 Å². The Balaban J connectivity index is 2.68. The molecular formula is C7H18IN2O2P. The minimum atomic E-state index is -1.48. The van der Waals surface area contributed by atoms with Gasteiger partial charge in [0.25, 0.3) is 0 Å². The summed E-state index contributed by atoms with van der Waals surface area (Å²) in [5, 5.41) is 20.4. The number of hydrogen-bond donors (Lipinski definition) is 3. The van der Waals surface area contributed by atoms with Crippen LogP contribution in [-0.2, 0) is 0 Å². The van der Waals surface area contributed by atoms with Gasteiger partial charge < -0.3 is 0 Å². The number of halogens is 1. The molecule has 0 atom stereocenters. The van der Waals surface area contributed by atoms with E-state index in [4.69, 9.17) is 0 Å². The van der Waals surface area contributed by atoms with Crippen LogP contribution in [0.15, 0.2) is 0 Å². The second-order valence-electron chi connectivity index (χ2n) is 3.98. The summed E-state index contributed by atoms with van der Waals surface area (Å²) >= 11 is 2.46. The standard InChI is InChI=1S/C7H18IN2O2P/c1-10-4-7(5-11,6-12)3-9-13(10,2)8/h9,11-13H,3-6H2,1-2H3. The zero-order chi connectivity index (χ0) is 10.1. The van der Waals surface area contributed by atoms with E-state index in [1.54, 1.807) is 0 Å². The van der Waals surface area contributed by atoms with Gasteiger partial charge in [-0.05, 0) is 0 Å². The Morgan fingerprint density at radius 1 is 1.54 bits per heavy atom.